The summed E-state index contributed by atoms with van der Waals surface area (Å²) in [6, 6.07) is 4.88. The topological polar surface area (TPSA) is 62.1 Å². The zero-order valence-corrected chi connectivity index (χ0v) is 7.13. The molecule has 1 aliphatic heterocycles. The number of benzene rings is 1. The summed E-state index contributed by atoms with van der Waals surface area (Å²) < 4.78 is 5.30. The van der Waals surface area contributed by atoms with Crippen molar-refractivity contribution in [3.8, 4) is 5.75 Å². The van der Waals surface area contributed by atoms with Gasteiger partial charge in [-0.2, -0.15) is 0 Å². The van der Waals surface area contributed by atoms with Gasteiger partial charge >= 0.3 is 0 Å². The molecule has 1 atom stereocenters. The van der Waals surface area contributed by atoms with Gasteiger partial charge in [0.2, 0.25) is 0 Å². The summed E-state index contributed by atoms with van der Waals surface area (Å²) in [5.74, 6) is 0.459. The number of nitrogens with one attached hydrogen (secondary N) is 2. The molecule has 1 radical (unpaired) electrons. The molecule has 1 heterocycles. The molecule has 13 heavy (non-hydrogen) atoms. The molecule has 1 amide bonds. The Morgan fingerprint density at radius 2 is 2.31 bits per heavy atom. The third-order valence-corrected chi connectivity index (χ3v) is 1.91. The number of amides is 1. The monoisotopic (exact) mass is 177 g/mol. The highest BCUT2D eigenvalue weighted by Gasteiger charge is 2.23. The van der Waals surface area contributed by atoms with Crippen LogP contribution in [0, 0.1) is 0 Å². The van der Waals surface area contributed by atoms with E-state index in [1.807, 2.05) is 0 Å². The summed E-state index contributed by atoms with van der Waals surface area (Å²) in [5.41, 5.74) is 8.28. The van der Waals surface area contributed by atoms with Gasteiger partial charge < -0.3 is 15.8 Å². The van der Waals surface area contributed by atoms with Gasteiger partial charge in [-0.15, -0.1) is 0 Å². The predicted molar refractivity (Wildman–Crippen MR) is 47.9 cm³/mol. The summed E-state index contributed by atoms with van der Waals surface area (Å²) in [6.07, 6.45) is -0.455. The fourth-order valence-corrected chi connectivity index (χ4v) is 1.21. The SMILES string of the molecule is C[C@@H]1Oc2ccc([NH])cc2NC1=O. The summed E-state index contributed by atoms with van der Waals surface area (Å²) in [7, 11) is 0. The van der Waals surface area contributed by atoms with Crippen LogP contribution in [0.4, 0.5) is 11.4 Å². The smallest absolute Gasteiger partial charge is 0.265 e. The molecule has 0 unspecified atom stereocenters. The minimum atomic E-state index is -0.455. The molecule has 0 fully saturated rings. The molecule has 67 valence electrons. The van der Waals surface area contributed by atoms with E-state index in [-0.39, 0.29) is 5.91 Å². The van der Waals surface area contributed by atoms with Crippen LogP contribution >= 0.6 is 0 Å². The average Bonchev–Trinajstić information content (AvgIpc) is 2.08. The largest absolute Gasteiger partial charge is 0.479 e. The van der Waals surface area contributed by atoms with Crippen molar-refractivity contribution in [1.29, 1.82) is 0 Å². The van der Waals surface area contributed by atoms with E-state index >= 15 is 0 Å². The van der Waals surface area contributed by atoms with Crippen molar-refractivity contribution in [3.05, 3.63) is 18.2 Å². The molecule has 1 aromatic carbocycles. The highest BCUT2D eigenvalue weighted by Crippen LogP contribution is 2.31. The lowest BCUT2D eigenvalue weighted by atomic mass is 10.2. The van der Waals surface area contributed by atoms with Crippen LogP contribution in [-0.2, 0) is 4.79 Å². The molecule has 2 rings (SSSR count). The number of ether oxygens (including phenoxy) is 1. The minimum Gasteiger partial charge on any atom is -0.479 e. The lowest BCUT2D eigenvalue weighted by Gasteiger charge is -2.23. The van der Waals surface area contributed by atoms with E-state index in [0.29, 0.717) is 17.1 Å². The molecule has 2 N–H and O–H groups in total. The molecule has 0 saturated heterocycles. The second-order valence-electron chi connectivity index (χ2n) is 2.96. The van der Waals surface area contributed by atoms with Gasteiger partial charge in [-0.1, -0.05) is 0 Å². The van der Waals surface area contributed by atoms with Crippen molar-refractivity contribution < 1.29 is 9.53 Å². The average molecular weight is 177 g/mol. The quantitative estimate of drug-likeness (QED) is 0.649. The first-order valence-corrected chi connectivity index (χ1v) is 4.00. The van der Waals surface area contributed by atoms with Gasteiger partial charge in [0.15, 0.2) is 6.10 Å². The number of fused-ring (bicyclic) bond motifs is 1. The van der Waals surface area contributed by atoms with Crippen LogP contribution in [0.5, 0.6) is 5.75 Å². The Labute approximate surface area is 75.7 Å². The van der Waals surface area contributed by atoms with E-state index in [2.05, 4.69) is 5.32 Å². The summed E-state index contributed by atoms with van der Waals surface area (Å²) in [5, 5.41) is 2.67. The maximum Gasteiger partial charge on any atom is 0.265 e. The van der Waals surface area contributed by atoms with Gasteiger partial charge in [-0.25, -0.2) is 0 Å². The molecule has 4 nitrogen and oxygen atoms in total. The zero-order chi connectivity index (χ0) is 9.42. The Bertz CT molecular complexity index is 363. The number of carbonyl (C=O) groups excluding carboxylic acids is 1. The number of hydrogen-bond acceptors (Lipinski definition) is 2. The van der Waals surface area contributed by atoms with E-state index in [1.165, 1.54) is 0 Å². The first-order chi connectivity index (χ1) is 6.16. The van der Waals surface area contributed by atoms with Gasteiger partial charge in [0.05, 0.1) is 11.4 Å². The number of rotatable bonds is 0. The van der Waals surface area contributed by atoms with E-state index in [1.54, 1.807) is 25.1 Å². The number of carbonyl (C=O) groups is 1. The van der Waals surface area contributed by atoms with Crippen molar-refractivity contribution in [2.75, 3.05) is 5.32 Å². The van der Waals surface area contributed by atoms with Gasteiger partial charge in [0.25, 0.3) is 5.91 Å². The Kier molecular flexibility index (Phi) is 1.62. The first-order valence-electron chi connectivity index (χ1n) is 4.00. The minimum absolute atomic E-state index is 0.168. The van der Waals surface area contributed by atoms with Gasteiger partial charge in [0, 0.05) is 0 Å². The molecule has 0 spiro atoms. The Balaban J connectivity index is 2.42. The number of anilines is 1. The highest BCUT2D eigenvalue weighted by atomic mass is 16.5. The lowest BCUT2D eigenvalue weighted by molar-refractivity contribution is -0.122. The van der Waals surface area contributed by atoms with E-state index in [9.17, 15) is 4.79 Å². The lowest BCUT2D eigenvalue weighted by Crippen LogP contribution is -2.34. The van der Waals surface area contributed by atoms with Crippen LogP contribution in [0.15, 0.2) is 18.2 Å². The molecule has 0 aromatic heterocycles. The molecule has 1 aromatic rings. The first kappa shape index (κ1) is 7.91. The Hall–Kier alpha value is -1.71. The summed E-state index contributed by atoms with van der Waals surface area (Å²) in [4.78, 5) is 11.2. The van der Waals surface area contributed by atoms with Crippen molar-refractivity contribution in [2.45, 2.75) is 13.0 Å². The third-order valence-electron chi connectivity index (χ3n) is 1.91. The third kappa shape index (κ3) is 1.30. The van der Waals surface area contributed by atoms with Crippen molar-refractivity contribution >= 4 is 17.3 Å². The fraction of sp³-hybridized carbons (Fsp3) is 0.222. The Morgan fingerprint density at radius 3 is 3.08 bits per heavy atom. The standard InChI is InChI=1S/C9H9N2O2/c1-5-9(12)11-7-4-6(10)2-3-8(7)13-5/h2-5,10H,1H3,(H,11,12)/t5-/m0/s1. The van der Waals surface area contributed by atoms with Crippen LogP contribution in [0.25, 0.3) is 0 Å². The second kappa shape index (κ2) is 2.65. The van der Waals surface area contributed by atoms with E-state index in [0.717, 1.165) is 0 Å². The molecular formula is C9H9N2O2. The van der Waals surface area contributed by atoms with Crippen molar-refractivity contribution in [2.24, 2.45) is 0 Å². The maximum absolute atomic E-state index is 11.2. The van der Waals surface area contributed by atoms with Crippen LogP contribution in [0.2, 0.25) is 0 Å². The predicted octanol–water partition coefficient (Wildman–Crippen LogP) is 1.32. The van der Waals surface area contributed by atoms with Gasteiger partial charge in [-0.05, 0) is 25.1 Å². The fourth-order valence-electron chi connectivity index (χ4n) is 1.21. The number of hydrogen-bond donors (Lipinski definition) is 1. The van der Waals surface area contributed by atoms with Gasteiger partial charge in [-0.3, -0.25) is 4.79 Å². The summed E-state index contributed by atoms with van der Waals surface area (Å²) in [6.45, 7) is 1.69. The van der Waals surface area contributed by atoms with Crippen LogP contribution in [-0.4, -0.2) is 12.0 Å². The van der Waals surface area contributed by atoms with Crippen molar-refractivity contribution in [1.82, 2.24) is 5.73 Å². The summed E-state index contributed by atoms with van der Waals surface area (Å²) >= 11 is 0. The highest BCUT2D eigenvalue weighted by molar-refractivity contribution is 5.97. The van der Waals surface area contributed by atoms with Crippen LogP contribution in [0.3, 0.4) is 0 Å². The Morgan fingerprint density at radius 1 is 1.54 bits per heavy atom. The molecule has 0 aliphatic carbocycles. The molecule has 0 saturated carbocycles. The van der Waals surface area contributed by atoms with E-state index in [4.69, 9.17) is 10.5 Å². The molecular weight excluding hydrogens is 168 g/mol. The zero-order valence-electron chi connectivity index (χ0n) is 7.13. The molecule has 0 bridgehead atoms. The molecule has 1 aliphatic rings. The second-order valence-corrected chi connectivity index (χ2v) is 2.96. The van der Waals surface area contributed by atoms with Crippen molar-refractivity contribution in [3.63, 3.8) is 0 Å². The normalized spacial score (nSPS) is 20.1. The molecule has 4 heteroatoms. The van der Waals surface area contributed by atoms with Crippen LogP contribution < -0.4 is 15.8 Å². The van der Waals surface area contributed by atoms with E-state index < -0.39 is 6.10 Å². The maximum atomic E-state index is 11.2. The van der Waals surface area contributed by atoms with Gasteiger partial charge in [0.1, 0.15) is 5.75 Å². The van der Waals surface area contributed by atoms with Crippen LogP contribution in [0.1, 0.15) is 6.92 Å².